The van der Waals surface area contributed by atoms with E-state index in [1.165, 1.54) is 25.7 Å². The molecule has 0 spiro atoms. The summed E-state index contributed by atoms with van der Waals surface area (Å²) in [4.78, 5) is 16.0. The van der Waals surface area contributed by atoms with Crippen LogP contribution >= 0.6 is 15.9 Å². The van der Waals surface area contributed by atoms with Crippen LogP contribution in [-0.2, 0) is 0 Å². The van der Waals surface area contributed by atoms with Crippen molar-refractivity contribution in [3.63, 3.8) is 0 Å². The Labute approximate surface area is 118 Å². The number of hydrogen-bond acceptors (Lipinski definition) is 2. The molecule has 0 saturated carbocycles. The molecule has 3 nitrogen and oxygen atoms in total. The Hall–Kier alpha value is -0.900. The summed E-state index contributed by atoms with van der Waals surface area (Å²) in [6.45, 7) is 4.25. The zero-order chi connectivity index (χ0) is 13.4. The summed E-state index contributed by atoms with van der Waals surface area (Å²) in [6, 6.07) is 3.75. The van der Waals surface area contributed by atoms with Crippen molar-refractivity contribution in [2.24, 2.45) is 0 Å². The number of nitrogens with one attached hydrogen (secondary N) is 1. The number of amides is 1. The van der Waals surface area contributed by atoms with Crippen molar-refractivity contribution in [2.45, 2.75) is 52.0 Å². The lowest BCUT2D eigenvalue weighted by atomic mass is 10.1. The molecule has 0 bridgehead atoms. The van der Waals surface area contributed by atoms with Crippen molar-refractivity contribution < 1.29 is 4.79 Å². The maximum absolute atomic E-state index is 12.0. The van der Waals surface area contributed by atoms with Gasteiger partial charge in [0.15, 0.2) is 0 Å². The highest BCUT2D eigenvalue weighted by atomic mass is 79.9. The second kappa shape index (κ2) is 8.25. The van der Waals surface area contributed by atoms with Crippen LogP contribution in [0.15, 0.2) is 22.9 Å². The Morgan fingerprint density at radius 1 is 1.44 bits per heavy atom. The predicted molar refractivity (Wildman–Crippen MR) is 77.6 cm³/mol. The summed E-state index contributed by atoms with van der Waals surface area (Å²) in [6.07, 6.45) is 7.62. The molecule has 1 aromatic heterocycles. The Morgan fingerprint density at radius 3 is 2.89 bits per heavy atom. The zero-order valence-electron chi connectivity index (χ0n) is 11.1. The van der Waals surface area contributed by atoms with Crippen molar-refractivity contribution in [3.05, 3.63) is 28.5 Å². The van der Waals surface area contributed by atoms with Crippen molar-refractivity contribution in [2.75, 3.05) is 0 Å². The second-order valence-electron chi connectivity index (χ2n) is 4.57. The summed E-state index contributed by atoms with van der Waals surface area (Å²) in [5.74, 6) is -0.0574. The van der Waals surface area contributed by atoms with Crippen LogP contribution in [0.2, 0.25) is 0 Å². The molecular weight excluding hydrogens is 292 g/mol. The molecular formula is C14H21BrN2O. The Bertz CT molecular complexity index is 382. The van der Waals surface area contributed by atoms with Crippen LogP contribution in [0.5, 0.6) is 0 Å². The van der Waals surface area contributed by atoms with Crippen molar-refractivity contribution in [1.29, 1.82) is 0 Å². The first-order chi connectivity index (χ1) is 8.65. The summed E-state index contributed by atoms with van der Waals surface area (Å²) in [7, 11) is 0. The number of nitrogens with zero attached hydrogens (tertiary/aromatic N) is 1. The minimum Gasteiger partial charge on any atom is -0.350 e. The van der Waals surface area contributed by atoms with Gasteiger partial charge in [0, 0.05) is 12.2 Å². The lowest BCUT2D eigenvalue weighted by Gasteiger charge is -2.14. The van der Waals surface area contributed by atoms with E-state index in [0.29, 0.717) is 10.2 Å². The number of unbranched alkanes of at least 4 members (excludes halogenated alkanes) is 3. The molecule has 4 heteroatoms. The Morgan fingerprint density at radius 2 is 2.22 bits per heavy atom. The van der Waals surface area contributed by atoms with Gasteiger partial charge in [0.1, 0.15) is 4.60 Å². The van der Waals surface area contributed by atoms with Crippen LogP contribution in [0.3, 0.4) is 0 Å². The number of halogens is 1. The van der Waals surface area contributed by atoms with Crippen molar-refractivity contribution >= 4 is 21.8 Å². The first-order valence-electron chi connectivity index (χ1n) is 6.56. The molecule has 1 atom stereocenters. The minimum absolute atomic E-state index is 0.0574. The van der Waals surface area contributed by atoms with Crippen LogP contribution in [0.1, 0.15) is 56.3 Å². The van der Waals surface area contributed by atoms with Gasteiger partial charge in [-0.2, -0.15) is 0 Å². The average Bonchev–Trinajstić information content (AvgIpc) is 2.35. The van der Waals surface area contributed by atoms with Gasteiger partial charge in [-0.3, -0.25) is 4.79 Å². The van der Waals surface area contributed by atoms with Crippen LogP contribution in [0.25, 0.3) is 0 Å². The number of carbonyl (C=O) groups is 1. The molecule has 0 aliphatic rings. The van der Waals surface area contributed by atoms with E-state index < -0.39 is 0 Å². The van der Waals surface area contributed by atoms with Crippen molar-refractivity contribution in [3.8, 4) is 0 Å². The molecule has 0 fully saturated rings. The van der Waals surface area contributed by atoms with Gasteiger partial charge >= 0.3 is 0 Å². The molecule has 18 heavy (non-hydrogen) atoms. The fourth-order valence-corrected chi connectivity index (χ4v) is 2.24. The van der Waals surface area contributed by atoms with E-state index in [1.807, 2.05) is 6.92 Å². The summed E-state index contributed by atoms with van der Waals surface area (Å²) < 4.78 is 0.598. The fraction of sp³-hybridized carbons (Fsp3) is 0.571. The van der Waals surface area contributed by atoms with Crippen LogP contribution < -0.4 is 5.32 Å². The van der Waals surface area contributed by atoms with E-state index in [-0.39, 0.29) is 11.9 Å². The topological polar surface area (TPSA) is 42.0 Å². The average molecular weight is 313 g/mol. The fourth-order valence-electron chi connectivity index (χ4n) is 1.81. The lowest BCUT2D eigenvalue weighted by molar-refractivity contribution is 0.0936. The third-order valence-corrected chi connectivity index (χ3v) is 3.50. The van der Waals surface area contributed by atoms with Gasteiger partial charge in [-0.25, -0.2) is 4.98 Å². The minimum atomic E-state index is -0.0574. The molecule has 1 N–H and O–H groups in total. The number of pyridine rings is 1. The van der Waals surface area contributed by atoms with E-state index in [4.69, 9.17) is 0 Å². The SMILES string of the molecule is CCCCCCC(C)NC(=O)c1cccnc1Br. The van der Waals surface area contributed by atoms with E-state index >= 15 is 0 Å². The summed E-state index contributed by atoms with van der Waals surface area (Å²) >= 11 is 3.29. The third-order valence-electron chi connectivity index (χ3n) is 2.87. The quantitative estimate of drug-likeness (QED) is 0.612. The molecule has 1 rings (SSSR count). The normalized spacial score (nSPS) is 12.2. The van der Waals surface area contributed by atoms with Crippen molar-refractivity contribution in [1.82, 2.24) is 10.3 Å². The standard InChI is InChI=1S/C14H21BrN2O/c1-3-4-5-6-8-11(2)17-14(18)12-9-7-10-16-13(12)15/h7,9-11H,3-6,8H2,1-2H3,(H,17,18). The molecule has 100 valence electrons. The van der Waals surface area contributed by atoms with Gasteiger partial charge < -0.3 is 5.32 Å². The first-order valence-corrected chi connectivity index (χ1v) is 7.35. The molecule has 0 aromatic carbocycles. The maximum Gasteiger partial charge on any atom is 0.254 e. The van der Waals surface area contributed by atoms with Gasteiger partial charge in [0.2, 0.25) is 0 Å². The van der Waals surface area contributed by atoms with Gasteiger partial charge in [0.25, 0.3) is 5.91 Å². The zero-order valence-corrected chi connectivity index (χ0v) is 12.7. The molecule has 0 saturated heterocycles. The third kappa shape index (κ3) is 5.17. The van der Waals surface area contributed by atoms with Gasteiger partial charge in [0.05, 0.1) is 5.56 Å². The monoisotopic (exact) mass is 312 g/mol. The summed E-state index contributed by atoms with van der Waals surface area (Å²) in [5.41, 5.74) is 0.595. The van der Waals surface area contributed by atoms with Crippen LogP contribution in [-0.4, -0.2) is 16.9 Å². The second-order valence-corrected chi connectivity index (χ2v) is 5.32. The molecule has 1 heterocycles. The molecule has 1 amide bonds. The Balaban J connectivity index is 2.38. The van der Waals surface area contributed by atoms with Gasteiger partial charge in [-0.05, 0) is 41.4 Å². The molecule has 0 radical (unpaired) electrons. The van der Waals surface area contributed by atoms with Crippen LogP contribution in [0.4, 0.5) is 0 Å². The molecule has 1 aromatic rings. The largest absolute Gasteiger partial charge is 0.350 e. The number of rotatable bonds is 7. The molecule has 0 aliphatic carbocycles. The lowest BCUT2D eigenvalue weighted by Crippen LogP contribution is -2.32. The number of hydrogen-bond donors (Lipinski definition) is 1. The summed E-state index contributed by atoms with van der Waals surface area (Å²) in [5, 5.41) is 3.00. The smallest absolute Gasteiger partial charge is 0.254 e. The number of aromatic nitrogens is 1. The molecule has 0 aliphatic heterocycles. The first kappa shape index (κ1) is 15.2. The molecule has 1 unspecified atom stereocenters. The maximum atomic E-state index is 12.0. The highest BCUT2D eigenvalue weighted by Crippen LogP contribution is 2.13. The van der Waals surface area contributed by atoms with E-state index in [9.17, 15) is 4.79 Å². The van der Waals surface area contributed by atoms with Gasteiger partial charge in [-0.15, -0.1) is 0 Å². The number of carbonyl (C=O) groups excluding carboxylic acids is 1. The Kier molecular flexibility index (Phi) is 6.94. The van der Waals surface area contributed by atoms with E-state index in [0.717, 1.165) is 6.42 Å². The highest BCUT2D eigenvalue weighted by molar-refractivity contribution is 9.10. The highest BCUT2D eigenvalue weighted by Gasteiger charge is 2.12. The van der Waals surface area contributed by atoms with Gasteiger partial charge in [-0.1, -0.05) is 32.6 Å². The van der Waals surface area contributed by atoms with Crippen LogP contribution in [0, 0.1) is 0 Å². The van der Waals surface area contributed by atoms with E-state index in [2.05, 4.69) is 33.2 Å². The van der Waals surface area contributed by atoms with E-state index in [1.54, 1.807) is 18.3 Å². The predicted octanol–water partition coefficient (Wildman–Crippen LogP) is 3.93.